The maximum atomic E-state index is 14.3. The van der Waals surface area contributed by atoms with Crippen molar-refractivity contribution in [3.05, 3.63) is 71.3 Å². The summed E-state index contributed by atoms with van der Waals surface area (Å²) < 4.78 is 11.0. The van der Waals surface area contributed by atoms with Gasteiger partial charge >= 0.3 is 12.1 Å². The Balaban J connectivity index is 2.55. The van der Waals surface area contributed by atoms with Crippen LogP contribution in [0.4, 0.5) is 4.79 Å². The molecular formula is C34H49N3O7. The fraction of sp³-hybridized carbons (Fsp3) is 0.529. The number of aryl methyl sites for hydroxylation is 1. The summed E-state index contributed by atoms with van der Waals surface area (Å²) in [6, 6.07) is 12.8. The van der Waals surface area contributed by atoms with Crippen LogP contribution < -0.4 is 10.6 Å². The number of carbonyl (C=O) groups is 4. The van der Waals surface area contributed by atoms with Crippen molar-refractivity contribution in [3.63, 3.8) is 0 Å². The van der Waals surface area contributed by atoms with Crippen LogP contribution in [0.15, 0.2) is 54.6 Å². The first-order valence-corrected chi connectivity index (χ1v) is 15.1. The minimum Gasteiger partial charge on any atom is -0.458 e. The summed E-state index contributed by atoms with van der Waals surface area (Å²) in [4.78, 5) is 55.5. The average molecular weight is 612 g/mol. The normalized spacial score (nSPS) is 13.7. The summed E-state index contributed by atoms with van der Waals surface area (Å²) >= 11 is 0. The first-order chi connectivity index (χ1) is 20.5. The number of unbranched alkanes of at least 4 members (excludes halogenated alkanes) is 1. The second kappa shape index (κ2) is 16.2. The molecule has 0 saturated heterocycles. The second-order valence-electron chi connectivity index (χ2n) is 12.9. The number of esters is 1. The van der Waals surface area contributed by atoms with Gasteiger partial charge in [-0.2, -0.15) is 0 Å². The fourth-order valence-corrected chi connectivity index (χ4v) is 4.51. The Labute approximate surface area is 261 Å². The van der Waals surface area contributed by atoms with Gasteiger partial charge in [-0.25, -0.2) is 9.59 Å². The third kappa shape index (κ3) is 12.0. The quantitative estimate of drug-likeness (QED) is 0.282. The lowest BCUT2D eigenvalue weighted by Gasteiger charge is -2.35. The first-order valence-electron chi connectivity index (χ1n) is 15.1. The van der Waals surface area contributed by atoms with Gasteiger partial charge in [-0.05, 0) is 66.0 Å². The van der Waals surface area contributed by atoms with Crippen molar-refractivity contribution < 1.29 is 33.8 Å². The number of hydrogen-bond acceptors (Lipinski definition) is 7. The molecule has 242 valence electrons. The Hall–Kier alpha value is -3.92. The number of nitrogens with zero attached hydrogens (tertiary/aromatic N) is 1. The topological polar surface area (TPSA) is 134 Å². The van der Waals surface area contributed by atoms with E-state index in [1.165, 1.54) is 4.90 Å². The van der Waals surface area contributed by atoms with E-state index in [0.717, 1.165) is 11.1 Å². The number of rotatable bonds is 13. The van der Waals surface area contributed by atoms with Gasteiger partial charge in [-0.1, -0.05) is 73.5 Å². The van der Waals surface area contributed by atoms with Crippen LogP contribution >= 0.6 is 0 Å². The molecule has 0 aliphatic carbocycles. The van der Waals surface area contributed by atoms with Crippen LogP contribution in [0.5, 0.6) is 0 Å². The minimum atomic E-state index is -1.37. The van der Waals surface area contributed by atoms with E-state index in [-0.39, 0.29) is 13.0 Å². The highest BCUT2D eigenvalue weighted by Gasteiger charge is 2.38. The van der Waals surface area contributed by atoms with Crippen molar-refractivity contribution >= 4 is 23.9 Å². The lowest BCUT2D eigenvalue weighted by atomic mass is 9.99. The van der Waals surface area contributed by atoms with Crippen LogP contribution in [0.1, 0.15) is 84.0 Å². The zero-order valence-electron chi connectivity index (χ0n) is 27.3. The summed E-state index contributed by atoms with van der Waals surface area (Å²) in [6.45, 7) is 13.6. The molecule has 3 unspecified atom stereocenters. The minimum absolute atomic E-state index is 0.156. The molecule has 2 aromatic rings. The van der Waals surface area contributed by atoms with E-state index in [1.54, 1.807) is 59.7 Å². The third-order valence-electron chi connectivity index (χ3n) is 6.42. The van der Waals surface area contributed by atoms with Crippen LogP contribution in [0.25, 0.3) is 0 Å². The molecule has 0 bridgehead atoms. The highest BCUT2D eigenvalue weighted by molar-refractivity contribution is 5.94. The maximum absolute atomic E-state index is 14.3. The molecule has 0 spiro atoms. The van der Waals surface area contributed by atoms with E-state index in [2.05, 4.69) is 10.6 Å². The summed E-state index contributed by atoms with van der Waals surface area (Å²) in [5, 5.41) is 15.5. The van der Waals surface area contributed by atoms with E-state index in [0.29, 0.717) is 18.4 Å². The lowest BCUT2D eigenvalue weighted by molar-refractivity contribution is -0.159. The number of nitrogens with one attached hydrogen (secondary N) is 2. The summed E-state index contributed by atoms with van der Waals surface area (Å²) in [6.07, 6.45) is 0.560. The van der Waals surface area contributed by atoms with Crippen molar-refractivity contribution in [1.82, 2.24) is 15.5 Å². The highest BCUT2D eigenvalue weighted by Crippen LogP contribution is 2.25. The molecule has 0 aliphatic heterocycles. The Morgan fingerprint density at radius 2 is 1.50 bits per heavy atom. The molecule has 0 radical (unpaired) electrons. The van der Waals surface area contributed by atoms with Crippen LogP contribution in [0.2, 0.25) is 0 Å². The van der Waals surface area contributed by atoms with Gasteiger partial charge in [0.15, 0.2) is 0 Å². The number of hydrogen-bond donors (Lipinski definition) is 3. The SMILES string of the molecule is CCCCN(C(=O)C(CO)NC(=O)OC(C)(C)C)C(C(=O)NC(Cc1ccccc1)C(=O)OC(C)(C)C)c1cccc(C)c1. The Bertz CT molecular complexity index is 1250. The van der Waals surface area contributed by atoms with Crippen LogP contribution in [-0.4, -0.2) is 70.3 Å². The molecule has 3 N–H and O–H groups in total. The van der Waals surface area contributed by atoms with Crippen molar-refractivity contribution in [2.45, 2.75) is 104 Å². The van der Waals surface area contributed by atoms with Crippen LogP contribution in [0.3, 0.4) is 0 Å². The monoisotopic (exact) mass is 611 g/mol. The number of amides is 3. The Kier molecular flexibility index (Phi) is 13.4. The molecule has 2 rings (SSSR count). The van der Waals surface area contributed by atoms with Gasteiger partial charge in [-0.15, -0.1) is 0 Å². The van der Waals surface area contributed by atoms with E-state index < -0.39 is 59.8 Å². The second-order valence-corrected chi connectivity index (χ2v) is 12.9. The third-order valence-corrected chi connectivity index (χ3v) is 6.42. The highest BCUT2D eigenvalue weighted by atomic mass is 16.6. The van der Waals surface area contributed by atoms with Crippen molar-refractivity contribution in [2.24, 2.45) is 0 Å². The van der Waals surface area contributed by atoms with Gasteiger partial charge in [0.05, 0.1) is 6.61 Å². The number of aliphatic hydroxyl groups excluding tert-OH is 1. The predicted octanol–water partition coefficient (Wildman–Crippen LogP) is 4.62. The molecule has 0 aromatic heterocycles. The van der Waals surface area contributed by atoms with E-state index in [1.807, 2.05) is 50.2 Å². The number of carbonyl (C=O) groups excluding carboxylic acids is 4. The van der Waals surface area contributed by atoms with E-state index in [9.17, 15) is 24.3 Å². The molecule has 0 heterocycles. The number of aliphatic hydroxyl groups is 1. The molecule has 0 fully saturated rings. The molecule has 10 heteroatoms. The average Bonchev–Trinajstić information content (AvgIpc) is 2.91. The molecular weight excluding hydrogens is 562 g/mol. The lowest BCUT2D eigenvalue weighted by Crippen LogP contribution is -2.56. The smallest absolute Gasteiger partial charge is 0.408 e. The van der Waals surface area contributed by atoms with Gasteiger partial charge in [-0.3, -0.25) is 9.59 Å². The Morgan fingerprint density at radius 3 is 2.05 bits per heavy atom. The van der Waals surface area contributed by atoms with Crippen molar-refractivity contribution in [2.75, 3.05) is 13.2 Å². The van der Waals surface area contributed by atoms with Gasteiger partial charge in [0.2, 0.25) is 11.8 Å². The largest absolute Gasteiger partial charge is 0.458 e. The number of alkyl carbamates (subject to hydrolysis) is 1. The Morgan fingerprint density at radius 1 is 0.864 bits per heavy atom. The summed E-state index contributed by atoms with van der Waals surface area (Å²) in [5.41, 5.74) is 0.577. The van der Waals surface area contributed by atoms with Gasteiger partial charge in [0.1, 0.15) is 29.3 Å². The van der Waals surface area contributed by atoms with Crippen LogP contribution in [0, 0.1) is 6.92 Å². The standard InChI is InChI=1S/C34H49N3O7/c1-9-10-19-37(30(40)27(22-38)36-32(42)44-34(6,7)8)28(25-18-14-15-23(2)20-25)29(39)35-26(31(41)43-33(3,4)5)21-24-16-12-11-13-17-24/h11-18,20,26-28,38H,9-10,19,21-22H2,1-8H3,(H,35,39)(H,36,42). The van der Waals surface area contributed by atoms with Crippen LogP contribution in [-0.2, 0) is 30.3 Å². The molecule has 3 amide bonds. The fourth-order valence-electron chi connectivity index (χ4n) is 4.51. The maximum Gasteiger partial charge on any atom is 0.408 e. The molecule has 3 atom stereocenters. The zero-order valence-corrected chi connectivity index (χ0v) is 27.3. The number of ether oxygens (including phenoxy) is 2. The number of benzene rings is 2. The molecule has 10 nitrogen and oxygen atoms in total. The predicted molar refractivity (Wildman–Crippen MR) is 169 cm³/mol. The molecule has 44 heavy (non-hydrogen) atoms. The van der Waals surface area contributed by atoms with E-state index >= 15 is 0 Å². The van der Waals surface area contributed by atoms with Gasteiger partial charge < -0.3 is 30.1 Å². The summed E-state index contributed by atoms with van der Waals surface area (Å²) in [7, 11) is 0. The molecule has 0 saturated carbocycles. The zero-order chi connectivity index (χ0) is 33.1. The first kappa shape index (κ1) is 36.3. The van der Waals surface area contributed by atoms with Crippen molar-refractivity contribution in [3.8, 4) is 0 Å². The summed E-state index contributed by atoms with van der Waals surface area (Å²) in [5.74, 6) is -1.87. The van der Waals surface area contributed by atoms with Gasteiger partial charge in [0, 0.05) is 13.0 Å². The molecule has 0 aliphatic rings. The van der Waals surface area contributed by atoms with Gasteiger partial charge in [0.25, 0.3) is 0 Å². The molecule has 2 aromatic carbocycles. The van der Waals surface area contributed by atoms with Crippen molar-refractivity contribution in [1.29, 1.82) is 0 Å². The van der Waals surface area contributed by atoms with E-state index in [4.69, 9.17) is 9.47 Å².